The number of H-pyrrole nitrogens is 1. The number of nitrogens with one attached hydrogen (secondary N) is 3. The van der Waals surface area contributed by atoms with Crippen LogP contribution in [0, 0.1) is 5.92 Å². The molecule has 0 aliphatic heterocycles. The Morgan fingerprint density at radius 3 is 2.60 bits per heavy atom. The van der Waals surface area contributed by atoms with Gasteiger partial charge in [0.2, 0.25) is 11.1 Å². The van der Waals surface area contributed by atoms with Gasteiger partial charge in [0.25, 0.3) is 0 Å². The quantitative estimate of drug-likeness (QED) is 0.658. The molecule has 0 atom stereocenters. The molecule has 7 nitrogen and oxygen atoms in total. The first-order valence-electron chi connectivity index (χ1n) is 8.20. The van der Waals surface area contributed by atoms with Crippen LogP contribution in [0.25, 0.3) is 11.4 Å². The van der Waals surface area contributed by atoms with E-state index in [2.05, 4.69) is 32.7 Å². The Labute approximate surface area is 151 Å². The van der Waals surface area contributed by atoms with Crippen molar-refractivity contribution in [3.05, 3.63) is 29.8 Å². The molecule has 0 spiro atoms. The number of hydrogen-bond donors (Lipinski definition) is 3. The topological polar surface area (TPSA) is 99.8 Å². The van der Waals surface area contributed by atoms with Crippen molar-refractivity contribution < 1.29 is 9.59 Å². The van der Waals surface area contributed by atoms with E-state index in [0.717, 1.165) is 12.0 Å². The average molecular weight is 361 g/mol. The van der Waals surface area contributed by atoms with Crippen LogP contribution in [-0.4, -0.2) is 39.4 Å². The molecule has 8 heteroatoms. The minimum absolute atomic E-state index is 0.0706. The molecule has 2 aromatic rings. The van der Waals surface area contributed by atoms with E-state index >= 15 is 0 Å². The highest BCUT2D eigenvalue weighted by atomic mass is 32.2. The van der Waals surface area contributed by atoms with Crippen molar-refractivity contribution in [3.8, 4) is 11.4 Å². The molecule has 0 aliphatic rings. The van der Waals surface area contributed by atoms with Gasteiger partial charge in [0.05, 0.1) is 5.75 Å². The summed E-state index contributed by atoms with van der Waals surface area (Å²) in [6, 6.07) is 7.59. The van der Waals surface area contributed by atoms with Gasteiger partial charge in [-0.3, -0.25) is 15.2 Å². The second-order valence-electron chi connectivity index (χ2n) is 5.96. The van der Waals surface area contributed by atoms with Crippen LogP contribution in [0.15, 0.2) is 29.4 Å². The van der Waals surface area contributed by atoms with Crippen LogP contribution in [0.1, 0.15) is 26.3 Å². The van der Waals surface area contributed by atoms with Crippen molar-refractivity contribution in [1.82, 2.24) is 25.8 Å². The van der Waals surface area contributed by atoms with Gasteiger partial charge in [0, 0.05) is 12.1 Å². The van der Waals surface area contributed by atoms with Crippen molar-refractivity contribution in [2.24, 2.45) is 5.92 Å². The molecule has 1 aromatic heterocycles. The van der Waals surface area contributed by atoms with Gasteiger partial charge in [0.15, 0.2) is 5.82 Å². The van der Waals surface area contributed by atoms with Crippen LogP contribution in [0.4, 0.5) is 4.79 Å². The predicted octanol–water partition coefficient (Wildman–Crippen LogP) is 2.61. The van der Waals surface area contributed by atoms with E-state index in [-0.39, 0.29) is 11.7 Å². The monoisotopic (exact) mass is 361 g/mol. The Morgan fingerprint density at radius 1 is 1.24 bits per heavy atom. The summed E-state index contributed by atoms with van der Waals surface area (Å²) >= 11 is 1.17. The molecule has 0 unspecified atom stereocenters. The Hall–Kier alpha value is -2.35. The van der Waals surface area contributed by atoms with Gasteiger partial charge in [-0.2, -0.15) is 0 Å². The summed E-state index contributed by atoms with van der Waals surface area (Å²) in [7, 11) is 0. The number of nitrogens with zero attached hydrogens (tertiary/aromatic N) is 2. The molecule has 0 aliphatic carbocycles. The third kappa shape index (κ3) is 6.22. The number of imide groups is 1. The molecular weight excluding hydrogens is 338 g/mol. The smallest absolute Gasteiger partial charge is 0.321 e. The van der Waals surface area contributed by atoms with Crippen molar-refractivity contribution >= 4 is 23.7 Å². The van der Waals surface area contributed by atoms with E-state index in [1.54, 1.807) is 0 Å². The van der Waals surface area contributed by atoms with Gasteiger partial charge in [0.1, 0.15) is 0 Å². The van der Waals surface area contributed by atoms with Gasteiger partial charge in [-0.15, -0.1) is 5.10 Å². The number of aromatic amines is 1. The first kappa shape index (κ1) is 19.0. The number of aryl methyl sites for hydroxylation is 1. The minimum atomic E-state index is -0.481. The fraction of sp³-hybridized carbons (Fsp3) is 0.412. The molecular formula is C17H23N5O2S. The summed E-state index contributed by atoms with van der Waals surface area (Å²) in [5.41, 5.74) is 2.19. The number of hydrogen-bond acceptors (Lipinski definition) is 5. The third-order valence-electron chi connectivity index (χ3n) is 3.36. The van der Waals surface area contributed by atoms with Gasteiger partial charge in [-0.25, -0.2) is 9.78 Å². The highest BCUT2D eigenvalue weighted by Gasteiger charge is 2.11. The molecule has 2 rings (SSSR count). The summed E-state index contributed by atoms with van der Waals surface area (Å²) in [5, 5.41) is 12.3. The van der Waals surface area contributed by atoms with E-state index in [4.69, 9.17) is 0 Å². The van der Waals surface area contributed by atoms with Crippen LogP contribution < -0.4 is 10.6 Å². The second kappa shape index (κ2) is 9.22. The Balaban J connectivity index is 1.82. The molecule has 25 heavy (non-hydrogen) atoms. The van der Waals surface area contributed by atoms with Gasteiger partial charge in [-0.05, 0) is 17.9 Å². The largest absolute Gasteiger partial charge is 0.338 e. The SMILES string of the molecule is CCc1ccc(-c2nc(SCC(=O)NC(=O)NCC(C)C)n[nH]2)cc1. The third-order valence-corrected chi connectivity index (χ3v) is 4.20. The Kier molecular flexibility index (Phi) is 7.00. The maximum Gasteiger partial charge on any atom is 0.321 e. The lowest BCUT2D eigenvalue weighted by molar-refractivity contribution is -0.117. The molecule has 1 heterocycles. The highest BCUT2D eigenvalue weighted by Crippen LogP contribution is 2.19. The van der Waals surface area contributed by atoms with E-state index in [0.29, 0.717) is 23.4 Å². The van der Waals surface area contributed by atoms with Crippen LogP contribution in [0.2, 0.25) is 0 Å². The number of urea groups is 1. The standard InChI is InChI=1S/C17H23N5O2S/c1-4-12-5-7-13(8-6-12)15-20-17(22-21-15)25-10-14(23)19-16(24)18-9-11(2)3/h5-8,11H,4,9-10H2,1-3H3,(H,20,21,22)(H2,18,19,23,24). The Bertz CT molecular complexity index is 712. The molecule has 0 bridgehead atoms. The first-order valence-corrected chi connectivity index (χ1v) is 9.18. The predicted molar refractivity (Wildman–Crippen MR) is 98.3 cm³/mol. The van der Waals surface area contributed by atoms with Crippen molar-refractivity contribution in [2.75, 3.05) is 12.3 Å². The Morgan fingerprint density at radius 2 is 1.96 bits per heavy atom. The number of thioether (sulfide) groups is 1. The number of carbonyl (C=O) groups is 2. The normalized spacial score (nSPS) is 10.7. The number of carbonyl (C=O) groups excluding carboxylic acids is 2. The summed E-state index contributed by atoms with van der Waals surface area (Å²) in [6.07, 6.45) is 0.984. The summed E-state index contributed by atoms with van der Waals surface area (Å²) in [4.78, 5) is 27.6. The molecule has 0 radical (unpaired) electrons. The van der Waals surface area contributed by atoms with Crippen LogP contribution in [0.5, 0.6) is 0 Å². The molecule has 3 N–H and O–H groups in total. The first-order chi connectivity index (χ1) is 12.0. The molecule has 3 amide bonds. The number of benzene rings is 1. The summed E-state index contributed by atoms with van der Waals surface area (Å²) < 4.78 is 0. The number of aromatic nitrogens is 3. The summed E-state index contributed by atoms with van der Waals surface area (Å²) in [6.45, 7) is 6.59. The van der Waals surface area contributed by atoms with Crippen LogP contribution >= 0.6 is 11.8 Å². The van der Waals surface area contributed by atoms with Crippen LogP contribution in [-0.2, 0) is 11.2 Å². The minimum Gasteiger partial charge on any atom is -0.338 e. The maximum atomic E-state index is 11.8. The number of rotatable bonds is 7. The summed E-state index contributed by atoms with van der Waals surface area (Å²) in [5.74, 6) is 0.666. The lowest BCUT2D eigenvalue weighted by Crippen LogP contribution is -2.41. The van der Waals surface area contributed by atoms with Gasteiger partial charge in [-0.1, -0.05) is 56.8 Å². The average Bonchev–Trinajstić information content (AvgIpc) is 3.07. The molecule has 0 fully saturated rings. The van der Waals surface area contributed by atoms with Crippen molar-refractivity contribution in [1.29, 1.82) is 0 Å². The fourth-order valence-electron chi connectivity index (χ4n) is 1.97. The zero-order valence-electron chi connectivity index (χ0n) is 14.6. The highest BCUT2D eigenvalue weighted by molar-refractivity contribution is 7.99. The molecule has 1 aromatic carbocycles. The molecule has 134 valence electrons. The van der Waals surface area contributed by atoms with Crippen LogP contribution in [0.3, 0.4) is 0 Å². The zero-order valence-corrected chi connectivity index (χ0v) is 15.4. The van der Waals surface area contributed by atoms with Gasteiger partial charge >= 0.3 is 6.03 Å². The van der Waals surface area contributed by atoms with E-state index in [9.17, 15) is 9.59 Å². The molecule has 0 saturated heterocycles. The second-order valence-corrected chi connectivity index (χ2v) is 6.90. The maximum absolute atomic E-state index is 11.8. The van der Waals surface area contributed by atoms with E-state index in [1.165, 1.54) is 17.3 Å². The van der Waals surface area contributed by atoms with Crippen molar-refractivity contribution in [3.63, 3.8) is 0 Å². The molecule has 0 saturated carbocycles. The van der Waals surface area contributed by atoms with E-state index < -0.39 is 6.03 Å². The van der Waals surface area contributed by atoms with E-state index in [1.807, 2.05) is 38.1 Å². The number of amides is 3. The van der Waals surface area contributed by atoms with Gasteiger partial charge < -0.3 is 5.32 Å². The zero-order chi connectivity index (χ0) is 18.2. The fourth-order valence-corrected chi connectivity index (χ4v) is 2.57. The lowest BCUT2D eigenvalue weighted by Gasteiger charge is -2.07. The van der Waals surface area contributed by atoms with Crippen molar-refractivity contribution in [2.45, 2.75) is 32.3 Å². The lowest BCUT2D eigenvalue weighted by atomic mass is 10.1.